The van der Waals surface area contributed by atoms with Crippen molar-refractivity contribution in [2.45, 2.75) is 39.5 Å². The lowest BCUT2D eigenvalue weighted by Crippen LogP contribution is -2.12. The van der Waals surface area contributed by atoms with E-state index in [-0.39, 0.29) is 0 Å². The quantitative estimate of drug-likeness (QED) is 0.694. The highest BCUT2D eigenvalue weighted by atomic mass is 35.7. The lowest BCUT2D eigenvalue weighted by atomic mass is 10.4. The Kier molecular flexibility index (Phi) is 6.49. The Morgan fingerprint density at radius 1 is 1.09 bits per heavy atom. The summed E-state index contributed by atoms with van der Waals surface area (Å²) in [6.07, 6.45) is 4.76. The molecule has 70 valence electrons. The summed E-state index contributed by atoms with van der Waals surface area (Å²) in [4.78, 5) is 0. The smallest absolute Gasteiger partial charge is 0.00194 e. The summed E-state index contributed by atoms with van der Waals surface area (Å²) < 4.78 is 0. The van der Waals surface area contributed by atoms with Crippen molar-refractivity contribution in [1.29, 1.82) is 0 Å². The number of nitrogens with two attached hydrogens (primary N) is 1. The molecule has 11 heavy (non-hydrogen) atoms. The van der Waals surface area contributed by atoms with Crippen molar-refractivity contribution in [2.75, 3.05) is 11.5 Å². The molecule has 0 aromatic heterocycles. The molecule has 0 spiro atoms. The molecule has 0 saturated carbocycles. The van der Waals surface area contributed by atoms with Gasteiger partial charge in [-0.15, -0.1) is 9.43 Å². The van der Waals surface area contributed by atoms with E-state index < -0.39 is 9.43 Å². The van der Waals surface area contributed by atoms with Crippen LogP contribution in [0.2, 0.25) is 0 Å². The van der Waals surface area contributed by atoms with Crippen molar-refractivity contribution in [1.82, 2.24) is 0 Å². The molecule has 1 nitrogen and oxygen atoms in total. The molecule has 0 rings (SSSR count). The molecule has 0 fully saturated rings. The van der Waals surface area contributed by atoms with Crippen molar-refractivity contribution in [3.05, 3.63) is 0 Å². The van der Waals surface area contributed by atoms with E-state index >= 15 is 0 Å². The Labute approximate surface area is 76.6 Å². The number of halogens is 1. The number of hydrogen-bond donors (Lipinski definition) is 1. The molecule has 3 heteroatoms. The van der Waals surface area contributed by atoms with Gasteiger partial charge >= 0.3 is 0 Å². The van der Waals surface area contributed by atoms with E-state index in [2.05, 4.69) is 13.8 Å². The maximum atomic E-state index is 6.15. The first kappa shape index (κ1) is 11.6. The monoisotopic (exact) mass is 197 g/mol. The fraction of sp³-hybridized carbons (Fsp3) is 1.00. The third-order valence-corrected chi connectivity index (χ3v) is 4.53. The van der Waals surface area contributed by atoms with Gasteiger partial charge in [0.15, 0.2) is 0 Å². The maximum absolute atomic E-state index is 6.15. The minimum Gasteiger partial charge on any atom is -0.283 e. The standard InChI is InChI=1S/C8H20ClNS/c1-3-5-7-11(9,10)8-6-4-2/h3-8,10H2,1-2H3. The second kappa shape index (κ2) is 6.15. The average molecular weight is 198 g/mol. The largest absolute Gasteiger partial charge is 0.283 e. The van der Waals surface area contributed by atoms with Gasteiger partial charge in [0.1, 0.15) is 0 Å². The molecule has 0 unspecified atom stereocenters. The van der Waals surface area contributed by atoms with Crippen LogP contribution in [-0.2, 0) is 0 Å². The van der Waals surface area contributed by atoms with E-state index in [1.54, 1.807) is 0 Å². The average Bonchev–Trinajstić information content (AvgIpc) is 1.97. The molecular weight excluding hydrogens is 178 g/mol. The second-order valence-corrected chi connectivity index (χ2v) is 7.31. The van der Waals surface area contributed by atoms with Crippen molar-refractivity contribution >= 4 is 20.1 Å². The highest BCUT2D eigenvalue weighted by Crippen LogP contribution is 2.46. The van der Waals surface area contributed by atoms with Crippen LogP contribution in [0.25, 0.3) is 0 Å². The van der Waals surface area contributed by atoms with Crippen LogP contribution in [0.1, 0.15) is 39.5 Å². The van der Waals surface area contributed by atoms with Gasteiger partial charge in [-0.1, -0.05) is 37.4 Å². The minimum absolute atomic E-state index is 1.03. The zero-order valence-electron chi connectivity index (χ0n) is 7.61. The number of unbranched alkanes of at least 4 members (excludes halogenated alkanes) is 2. The van der Waals surface area contributed by atoms with Gasteiger partial charge in [0.05, 0.1) is 0 Å². The Hall–Kier alpha value is 0.600. The summed E-state index contributed by atoms with van der Waals surface area (Å²) in [5.74, 6) is 2.07. The van der Waals surface area contributed by atoms with Crippen molar-refractivity contribution in [2.24, 2.45) is 5.14 Å². The van der Waals surface area contributed by atoms with Crippen LogP contribution in [0, 0.1) is 0 Å². The summed E-state index contributed by atoms with van der Waals surface area (Å²) in [5.41, 5.74) is 0. The fourth-order valence-electron chi connectivity index (χ4n) is 0.871. The van der Waals surface area contributed by atoms with Crippen LogP contribution in [0.5, 0.6) is 0 Å². The molecule has 0 amide bonds. The molecule has 0 saturated heterocycles. The predicted octanol–water partition coefficient (Wildman–Crippen LogP) is 3.42. The molecule has 0 aliphatic rings. The van der Waals surface area contributed by atoms with E-state index in [9.17, 15) is 0 Å². The van der Waals surface area contributed by atoms with Gasteiger partial charge in [-0.2, -0.15) is 0 Å². The highest BCUT2D eigenvalue weighted by molar-refractivity contribution is 8.49. The van der Waals surface area contributed by atoms with E-state index in [0.29, 0.717) is 0 Å². The summed E-state index contributed by atoms with van der Waals surface area (Å²) in [6, 6.07) is 0. The van der Waals surface area contributed by atoms with E-state index in [1.165, 1.54) is 25.7 Å². The van der Waals surface area contributed by atoms with Gasteiger partial charge in [0.2, 0.25) is 0 Å². The topological polar surface area (TPSA) is 26.0 Å². The van der Waals surface area contributed by atoms with Crippen LogP contribution in [-0.4, -0.2) is 11.5 Å². The second-order valence-electron chi connectivity index (χ2n) is 2.96. The van der Waals surface area contributed by atoms with Gasteiger partial charge in [0, 0.05) is 11.5 Å². The number of hydrogen-bond acceptors (Lipinski definition) is 1. The molecule has 0 aromatic rings. The van der Waals surface area contributed by atoms with Gasteiger partial charge < -0.3 is 0 Å². The van der Waals surface area contributed by atoms with E-state index in [1.807, 2.05) is 0 Å². The SMILES string of the molecule is CCCCS(N)(Cl)CCCC. The zero-order valence-corrected chi connectivity index (χ0v) is 9.18. The molecule has 2 N–H and O–H groups in total. The molecule has 0 aliphatic heterocycles. The van der Waals surface area contributed by atoms with E-state index in [0.717, 1.165) is 11.5 Å². The molecule has 0 atom stereocenters. The summed E-state index contributed by atoms with van der Waals surface area (Å²) in [5, 5.41) is 5.94. The van der Waals surface area contributed by atoms with Gasteiger partial charge in [-0.3, -0.25) is 5.14 Å². The Balaban J connectivity index is 3.43. The Morgan fingerprint density at radius 2 is 1.45 bits per heavy atom. The normalized spacial score (nSPS) is 13.5. The maximum Gasteiger partial charge on any atom is 0.00194 e. The van der Waals surface area contributed by atoms with Gasteiger partial charge in [0.25, 0.3) is 0 Å². The first-order chi connectivity index (χ1) is 5.12. The Bertz CT molecular complexity index is 86.1. The summed E-state index contributed by atoms with van der Waals surface area (Å²) in [6.45, 7) is 4.35. The Morgan fingerprint density at radius 3 is 1.73 bits per heavy atom. The molecule has 0 heterocycles. The predicted molar refractivity (Wildman–Crippen MR) is 57.2 cm³/mol. The first-order valence-corrected chi connectivity index (χ1v) is 7.24. The molecule has 0 aliphatic carbocycles. The van der Waals surface area contributed by atoms with Crippen LogP contribution in [0.4, 0.5) is 0 Å². The van der Waals surface area contributed by atoms with E-state index in [4.69, 9.17) is 15.8 Å². The third-order valence-electron chi connectivity index (χ3n) is 1.67. The third kappa shape index (κ3) is 6.98. The van der Waals surface area contributed by atoms with Crippen molar-refractivity contribution < 1.29 is 0 Å². The molecular formula is C8H20ClNS. The van der Waals surface area contributed by atoms with Crippen molar-refractivity contribution in [3.8, 4) is 0 Å². The molecule has 0 aromatic carbocycles. The van der Waals surface area contributed by atoms with Crippen LogP contribution in [0.15, 0.2) is 0 Å². The minimum atomic E-state index is -1.23. The van der Waals surface area contributed by atoms with Crippen LogP contribution in [0.3, 0.4) is 0 Å². The lowest BCUT2D eigenvalue weighted by molar-refractivity contribution is 0.872. The van der Waals surface area contributed by atoms with Gasteiger partial charge in [-0.05, 0) is 12.8 Å². The van der Waals surface area contributed by atoms with Crippen molar-refractivity contribution in [3.63, 3.8) is 0 Å². The highest BCUT2D eigenvalue weighted by Gasteiger charge is 2.12. The molecule has 0 radical (unpaired) electrons. The summed E-state index contributed by atoms with van der Waals surface area (Å²) >= 11 is 0. The fourth-order valence-corrected chi connectivity index (χ4v) is 3.27. The van der Waals surface area contributed by atoms with Crippen LogP contribution < -0.4 is 5.14 Å². The zero-order chi connectivity index (χ0) is 8.74. The summed E-state index contributed by atoms with van der Waals surface area (Å²) in [7, 11) is 4.92. The molecule has 0 bridgehead atoms. The van der Waals surface area contributed by atoms with Gasteiger partial charge in [-0.25, -0.2) is 0 Å². The van der Waals surface area contributed by atoms with Crippen LogP contribution >= 0.6 is 20.1 Å². The number of rotatable bonds is 6. The first-order valence-electron chi connectivity index (χ1n) is 4.38. The lowest BCUT2D eigenvalue weighted by Gasteiger charge is -2.27.